The zero-order valence-corrected chi connectivity index (χ0v) is 18.5. The molecule has 1 aliphatic heterocycles. The number of rotatable bonds is 9. The first-order valence-electron chi connectivity index (χ1n) is 10.7. The summed E-state index contributed by atoms with van der Waals surface area (Å²) in [6.45, 7) is -0.487. The highest BCUT2D eigenvalue weighted by atomic mass is 16.6. The average Bonchev–Trinajstić information content (AvgIpc) is 3.23. The Labute approximate surface area is 199 Å². The van der Waals surface area contributed by atoms with Gasteiger partial charge in [0.1, 0.15) is 31.3 Å². The van der Waals surface area contributed by atoms with Gasteiger partial charge in [-0.15, -0.1) is 0 Å². The first-order chi connectivity index (χ1) is 16.9. The third-order valence-corrected chi connectivity index (χ3v) is 5.17. The van der Waals surface area contributed by atoms with Crippen molar-refractivity contribution in [3.8, 4) is 5.75 Å². The number of fused-ring (bicyclic) bond motifs is 1. The SMILES string of the molecule is O=C(O)CN=C(NCC(=O)O)c1ccc(N2CC(COc3cccc4cnccc34)OC2=O)cc1. The number of cyclic esters (lactones) is 1. The summed E-state index contributed by atoms with van der Waals surface area (Å²) in [5.41, 5.74) is 1.04. The van der Waals surface area contributed by atoms with Gasteiger partial charge in [-0.25, -0.2) is 4.79 Å². The van der Waals surface area contributed by atoms with Gasteiger partial charge in [0.2, 0.25) is 0 Å². The Morgan fingerprint density at radius 1 is 1.14 bits per heavy atom. The number of amidine groups is 1. The predicted molar refractivity (Wildman–Crippen MR) is 126 cm³/mol. The van der Waals surface area contributed by atoms with E-state index in [1.807, 2.05) is 24.3 Å². The van der Waals surface area contributed by atoms with Crippen molar-refractivity contribution < 1.29 is 34.1 Å². The number of carbonyl (C=O) groups excluding carboxylic acids is 1. The summed E-state index contributed by atoms with van der Waals surface area (Å²) < 4.78 is 11.4. The molecule has 1 atom stereocenters. The zero-order chi connectivity index (χ0) is 24.8. The Hall–Kier alpha value is -4.67. The van der Waals surface area contributed by atoms with Gasteiger partial charge >= 0.3 is 18.0 Å². The molecule has 1 unspecified atom stereocenters. The number of carbonyl (C=O) groups is 3. The Morgan fingerprint density at radius 2 is 1.94 bits per heavy atom. The van der Waals surface area contributed by atoms with Gasteiger partial charge in [0.15, 0.2) is 6.10 Å². The Balaban J connectivity index is 1.42. The second kappa shape index (κ2) is 10.5. The van der Waals surface area contributed by atoms with E-state index in [9.17, 15) is 14.4 Å². The van der Waals surface area contributed by atoms with Crippen molar-refractivity contribution in [3.63, 3.8) is 0 Å². The first-order valence-corrected chi connectivity index (χ1v) is 10.7. The van der Waals surface area contributed by atoms with Crippen LogP contribution in [0.2, 0.25) is 0 Å². The number of nitrogens with zero attached hydrogens (tertiary/aromatic N) is 3. The van der Waals surface area contributed by atoms with Crippen molar-refractivity contribution in [2.24, 2.45) is 4.99 Å². The Bertz CT molecular complexity index is 1270. The van der Waals surface area contributed by atoms with Crippen LogP contribution in [0.3, 0.4) is 0 Å². The van der Waals surface area contributed by atoms with Crippen molar-refractivity contribution in [1.29, 1.82) is 0 Å². The molecule has 3 aromatic rings. The van der Waals surface area contributed by atoms with E-state index in [0.717, 1.165) is 10.8 Å². The van der Waals surface area contributed by atoms with Crippen LogP contribution in [-0.2, 0) is 14.3 Å². The number of aliphatic carboxylic acids is 2. The second-order valence-corrected chi connectivity index (χ2v) is 7.63. The number of nitrogens with one attached hydrogen (secondary N) is 1. The highest BCUT2D eigenvalue weighted by Crippen LogP contribution is 2.26. The van der Waals surface area contributed by atoms with Gasteiger partial charge in [-0.1, -0.05) is 12.1 Å². The normalized spacial score (nSPS) is 15.7. The molecule has 180 valence electrons. The predicted octanol–water partition coefficient (Wildman–Crippen LogP) is 2.14. The summed E-state index contributed by atoms with van der Waals surface area (Å²) in [5.74, 6) is -1.46. The summed E-state index contributed by atoms with van der Waals surface area (Å²) in [6.07, 6.45) is 2.44. The minimum Gasteiger partial charge on any atom is -0.489 e. The van der Waals surface area contributed by atoms with Gasteiger partial charge in [-0.05, 0) is 36.4 Å². The zero-order valence-electron chi connectivity index (χ0n) is 18.5. The average molecular weight is 478 g/mol. The maximum Gasteiger partial charge on any atom is 0.414 e. The molecule has 1 saturated heterocycles. The number of aromatic nitrogens is 1. The second-order valence-electron chi connectivity index (χ2n) is 7.63. The van der Waals surface area contributed by atoms with Gasteiger partial charge in [0.05, 0.1) is 6.54 Å². The number of hydrogen-bond acceptors (Lipinski definition) is 7. The third kappa shape index (κ3) is 5.82. The molecule has 1 aromatic heterocycles. The van der Waals surface area contributed by atoms with Gasteiger partial charge in [-0.2, -0.15) is 0 Å². The molecule has 0 spiro atoms. The summed E-state index contributed by atoms with van der Waals surface area (Å²) in [6, 6.07) is 14.0. The minimum atomic E-state index is -1.15. The fraction of sp³-hybridized carbons (Fsp3) is 0.208. The Morgan fingerprint density at radius 3 is 2.69 bits per heavy atom. The van der Waals surface area contributed by atoms with Crippen LogP contribution in [0.25, 0.3) is 10.8 Å². The quantitative estimate of drug-likeness (QED) is 0.310. The lowest BCUT2D eigenvalue weighted by Crippen LogP contribution is -2.31. The number of pyridine rings is 1. The molecule has 0 bridgehead atoms. The van der Waals surface area contributed by atoms with Crippen molar-refractivity contribution in [2.75, 3.05) is 31.1 Å². The number of anilines is 1. The van der Waals surface area contributed by atoms with E-state index >= 15 is 0 Å². The lowest BCUT2D eigenvalue weighted by Gasteiger charge is -2.15. The molecular weight excluding hydrogens is 456 g/mol. The molecule has 4 rings (SSSR count). The fourth-order valence-corrected chi connectivity index (χ4v) is 3.58. The maximum atomic E-state index is 12.5. The van der Waals surface area contributed by atoms with Crippen LogP contribution in [0.15, 0.2) is 65.9 Å². The smallest absolute Gasteiger partial charge is 0.414 e. The maximum absolute atomic E-state index is 12.5. The summed E-state index contributed by atoms with van der Waals surface area (Å²) in [7, 11) is 0. The standard InChI is InChI=1S/C24H22N4O7/c29-21(30)11-26-23(27-12-22(31)32)15-4-6-17(7-5-15)28-13-18(35-24(28)33)14-34-20-3-1-2-16-10-25-9-8-19(16)20/h1-10,18H,11-14H2,(H,26,27)(H,29,30)(H,31,32). The minimum absolute atomic E-state index is 0.127. The highest BCUT2D eigenvalue weighted by Gasteiger charge is 2.33. The number of aliphatic imine (C=N–C) groups is 1. The fourth-order valence-electron chi connectivity index (χ4n) is 3.58. The van der Waals surface area contributed by atoms with E-state index in [-0.39, 0.29) is 19.0 Å². The van der Waals surface area contributed by atoms with Gasteiger partial charge in [0.25, 0.3) is 0 Å². The molecule has 0 aliphatic carbocycles. The van der Waals surface area contributed by atoms with Crippen molar-refractivity contribution in [1.82, 2.24) is 10.3 Å². The van der Waals surface area contributed by atoms with Gasteiger partial charge in [0, 0.05) is 34.4 Å². The molecule has 1 amide bonds. The molecule has 35 heavy (non-hydrogen) atoms. The molecular formula is C24H22N4O7. The van der Waals surface area contributed by atoms with E-state index in [4.69, 9.17) is 19.7 Å². The number of amides is 1. The van der Waals surface area contributed by atoms with Crippen LogP contribution in [-0.4, -0.2) is 71.4 Å². The summed E-state index contributed by atoms with van der Waals surface area (Å²) >= 11 is 0. The molecule has 11 nitrogen and oxygen atoms in total. The Kier molecular flexibility index (Phi) is 7.05. The highest BCUT2D eigenvalue weighted by molar-refractivity contribution is 6.01. The summed E-state index contributed by atoms with van der Waals surface area (Å²) in [5, 5.41) is 22.2. The molecule has 2 heterocycles. The van der Waals surface area contributed by atoms with E-state index in [0.29, 0.717) is 17.0 Å². The summed E-state index contributed by atoms with van der Waals surface area (Å²) in [4.78, 5) is 43.7. The van der Waals surface area contributed by atoms with Crippen LogP contribution in [0.5, 0.6) is 5.75 Å². The lowest BCUT2D eigenvalue weighted by atomic mass is 10.1. The molecule has 3 N–H and O–H groups in total. The third-order valence-electron chi connectivity index (χ3n) is 5.17. The molecule has 11 heteroatoms. The molecule has 0 radical (unpaired) electrons. The van der Waals surface area contributed by atoms with Crippen LogP contribution < -0.4 is 15.0 Å². The van der Waals surface area contributed by atoms with Gasteiger partial charge in [-0.3, -0.25) is 24.5 Å². The van der Waals surface area contributed by atoms with Crippen LogP contribution in [0, 0.1) is 0 Å². The van der Waals surface area contributed by atoms with Crippen molar-refractivity contribution >= 4 is 40.3 Å². The van der Waals surface area contributed by atoms with E-state index in [2.05, 4.69) is 15.3 Å². The van der Waals surface area contributed by atoms with E-state index in [1.165, 1.54) is 4.90 Å². The number of ether oxygens (including phenoxy) is 2. The monoisotopic (exact) mass is 478 g/mol. The van der Waals surface area contributed by atoms with Crippen molar-refractivity contribution in [3.05, 3.63) is 66.5 Å². The van der Waals surface area contributed by atoms with E-state index < -0.39 is 37.2 Å². The van der Waals surface area contributed by atoms with E-state index in [1.54, 1.807) is 36.7 Å². The van der Waals surface area contributed by atoms with Crippen LogP contribution in [0.1, 0.15) is 5.56 Å². The number of carboxylic acids is 2. The molecule has 0 saturated carbocycles. The number of hydrogen-bond donors (Lipinski definition) is 3. The van der Waals surface area contributed by atoms with Crippen molar-refractivity contribution in [2.45, 2.75) is 6.10 Å². The van der Waals surface area contributed by atoms with Crippen LogP contribution >= 0.6 is 0 Å². The largest absolute Gasteiger partial charge is 0.489 e. The lowest BCUT2D eigenvalue weighted by molar-refractivity contribution is -0.136. The number of benzene rings is 2. The molecule has 2 aromatic carbocycles. The molecule has 1 aliphatic rings. The molecule has 1 fully saturated rings. The topological polar surface area (TPSA) is 151 Å². The first kappa shape index (κ1) is 23.5. The number of carboxylic acid groups (broad SMARTS) is 2. The van der Waals surface area contributed by atoms with Gasteiger partial charge < -0.3 is 25.0 Å². The van der Waals surface area contributed by atoms with Crippen LogP contribution in [0.4, 0.5) is 10.5 Å².